The van der Waals surface area contributed by atoms with Crippen molar-refractivity contribution in [3.8, 4) is 10.6 Å². The normalized spacial score (nSPS) is 10.7. The van der Waals surface area contributed by atoms with E-state index in [1.807, 2.05) is 12.3 Å². The van der Waals surface area contributed by atoms with Crippen molar-refractivity contribution in [2.24, 2.45) is 5.73 Å². The summed E-state index contributed by atoms with van der Waals surface area (Å²) >= 11 is 5.06. The Morgan fingerprint density at radius 1 is 1.44 bits per heavy atom. The Bertz CT molecular complexity index is 474. The molecule has 2 aromatic rings. The zero-order valence-corrected chi connectivity index (χ0v) is 11.3. The maximum absolute atomic E-state index is 5.69. The lowest BCUT2D eigenvalue weighted by Gasteiger charge is -1.95. The van der Waals surface area contributed by atoms with E-state index in [-0.39, 0.29) is 0 Å². The van der Waals surface area contributed by atoms with Gasteiger partial charge in [-0.1, -0.05) is 6.92 Å². The highest BCUT2D eigenvalue weighted by Gasteiger charge is 2.10. The second kappa shape index (κ2) is 5.03. The first-order chi connectivity index (χ1) is 7.74. The molecule has 0 aliphatic heterocycles. The summed E-state index contributed by atoms with van der Waals surface area (Å²) in [6.07, 6.45) is 4.51. The molecule has 2 N–H and O–H groups in total. The second-order valence-electron chi connectivity index (χ2n) is 3.34. The van der Waals surface area contributed by atoms with Crippen LogP contribution in [-0.4, -0.2) is 9.97 Å². The smallest absolute Gasteiger partial charge is 0.125 e. The topological polar surface area (TPSA) is 51.8 Å². The van der Waals surface area contributed by atoms with Gasteiger partial charge < -0.3 is 5.73 Å². The number of rotatable bonds is 3. The highest BCUT2D eigenvalue weighted by atomic mass is 79.9. The third-order valence-corrected chi connectivity index (χ3v) is 3.85. The Morgan fingerprint density at radius 3 is 2.81 bits per heavy atom. The number of thiazole rings is 1. The first-order valence-corrected chi connectivity index (χ1v) is 6.65. The minimum absolute atomic E-state index is 0.558. The number of halogens is 1. The van der Waals surface area contributed by atoms with Crippen molar-refractivity contribution in [2.75, 3.05) is 0 Å². The maximum atomic E-state index is 5.69. The Balaban J connectivity index is 2.44. The number of nitrogens with zero attached hydrogens (tertiary/aromatic N) is 2. The van der Waals surface area contributed by atoms with Crippen LogP contribution in [0.15, 0.2) is 22.9 Å². The average Bonchev–Trinajstić information content (AvgIpc) is 2.72. The van der Waals surface area contributed by atoms with Gasteiger partial charge in [0.05, 0.1) is 5.69 Å². The third kappa shape index (κ3) is 2.31. The Labute approximate surface area is 107 Å². The largest absolute Gasteiger partial charge is 0.326 e. The summed E-state index contributed by atoms with van der Waals surface area (Å²) in [5.74, 6) is 0. The molecule has 0 unspecified atom stereocenters. The van der Waals surface area contributed by atoms with Crippen molar-refractivity contribution in [2.45, 2.75) is 19.9 Å². The molecule has 0 bridgehead atoms. The number of nitrogens with two attached hydrogens (primary N) is 1. The fourth-order valence-corrected chi connectivity index (χ4v) is 2.85. The lowest BCUT2D eigenvalue weighted by Crippen LogP contribution is -1.96. The zero-order valence-electron chi connectivity index (χ0n) is 8.90. The van der Waals surface area contributed by atoms with Gasteiger partial charge in [0.2, 0.25) is 0 Å². The van der Waals surface area contributed by atoms with E-state index in [9.17, 15) is 0 Å². The van der Waals surface area contributed by atoms with Gasteiger partial charge in [0, 0.05) is 33.9 Å². The van der Waals surface area contributed by atoms with Crippen molar-refractivity contribution < 1.29 is 0 Å². The van der Waals surface area contributed by atoms with Gasteiger partial charge in [-0.15, -0.1) is 11.3 Å². The van der Waals surface area contributed by atoms with Crippen LogP contribution in [0.3, 0.4) is 0 Å². The monoisotopic (exact) mass is 297 g/mol. The molecule has 0 spiro atoms. The molecule has 0 saturated carbocycles. The number of hydrogen-bond acceptors (Lipinski definition) is 4. The van der Waals surface area contributed by atoms with Crippen LogP contribution in [-0.2, 0) is 13.0 Å². The molecule has 2 rings (SSSR count). The molecule has 16 heavy (non-hydrogen) atoms. The Kier molecular flexibility index (Phi) is 3.68. The lowest BCUT2D eigenvalue weighted by molar-refractivity contribution is 0.989. The van der Waals surface area contributed by atoms with Gasteiger partial charge in [-0.2, -0.15) is 0 Å². The number of aryl methyl sites for hydroxylation is 1. The number of pyridine rings is 1. The number of hydrogen-bond donors (Lipinski definition) is 1. The van der Waals surface area contributed by atoms with E-state index in [0.29, 0.717) is 6.54 Å². The summed E-state index contributed by atoms with van der Waals surface area (Å²) < 4.78 is 0.965. The van der Waals surface area contributed by atoms with Gasteiger partial charge in [-0.3, -0.25) is 4.98 Å². The summed E-state index contributed by atoms with van der Waals surface area (Å²) in [7, 11) is 0. The molecule has 3 nitrogen and oxygen atoms in total. The van der Waals surface area contributed by atoms with Crippen molar-refractivity contribution in [3.63, 3.8) is 0 Å². The SMILES string of the molecule is CCc1nc(-c2cncc(Br)c2)sc1CN. The van der Waals surface area contributed by atoms with E-state index in [0.717, 1.165) is 32.0 Å². The zero-order chi connectivity index (χ0) is 11.5. The number of aromatic nitrogens is 2. The molecule has 0 aliphatic rings. The van der Waals surface area contributed by atoms with Gasteiger partial charge in [0.25, 0.3) is 0 Å². The molecule has 5 heteroatoms. The molecule has 84 valence electrons. The summed E-state index contributed by atoms with van der Waals surface area (Å²) in [4.78, 5) is 9.89. The fraction of sp³-hybridized carbons (Fsp3) is 0.273. The van der Waals surface area contributed by atoms with Crippen molar-refractivity contribution in [1.82, 2.24) is 9.97 Å². The van der Waals surface area contributed by atoms with Crippen LogP contribution in [0.1, 0.15) is 17.5 Å². The van der Waals surface area contributed by atoms with Crippen LogP contribution in [0.5, 0.6) is 0 Å². The predicted octanol–water partition coefficient (Wildman–Crippen LogP) is 2.99. The van der Waals surface area contributed by atoms with Crippen LogP contribution < -0.4 is 5.73 Å². The average molecular weight is 298 g/mol. The van der Waals surface area contributed by atoms with Gasteiger partial charge >= 0.3 is 0 Å². The van der Waals surface area contributed by atoms with Gasteiger partial charge in [0.1, 0.15) is 5.01 Å². The van der Waals surface area contributed by atoms with Crippen molar-refractivity contribution >= 4 is 27.3 Å². The summed E-state index contributed by atoms with van der Waals surface area (Å²) in [6, 6.07) is 2.02. The second-order valence-corrected chi connectivity index (χ2v) is 5.34. The predicted molar refractivity (Wildman–Crippen MR) is 70.3 cm³/mol. The molecule has 0 aliphatic carbocycles. The summed E-state index contributed by atoms with van der Waals surface area (Å²) in [5.41, 5.74) is 7.83. The van der Waals surface area contributed by atoms with E-state index in [1.54, 1.807) is 17.5 Å². The Morgan fingerprint density at radius 2 is 2.25 bits per heavy atom. The highest BCUT2D eigenvalue weighted by molar-refractivity contribution is 9.10. The van der Waals surface area contributed by atoms with E-state index in [4.69, 9.17) is 5.73 Å². The van der Waals surface area contributed by atoms with Crippen LogP contribution in [0, 0.1) is 0 Å². The van der Waals surface area contributed by atoms with Crippen LogP contribution >= 0.6 is 27.3 Å². The lowest BCUT2D eigenvalue weighted by atomic mass is 10.3. The third-order valence-electron chi connectivity index (χ3n) is 2.25. The molecule has 0 fully saturated rings. The molecule has 0 amide bonds. The molecule has 0 aromatic carbocycles. The molecular weight excluding hydrogens is 286 g/mol. The van der Waals surface area contributed by atoms with Gasteiger partial charge in [-0.25, -0.2) is 4.98 Å². The summed E-state index contributed by atoms with van der Waals surface area (Å²) in [5, 5.41) is 0.992. The summed E-state index contributed by atoms with van der Waals surface area (Å²) in [6.45, 7) is 2.65. The molecule has 2 aromatic heterocycles. The Hall–Kier alpha value is -0.780. The standard InChI is InChI=1S/C11H12BrN3S/c1-2-9-10(4-13)16-11(15-9)7-3-8(12)6-14-5-7/h3,5-6H,2,4,13H2,1H3. The minimum Gasteiger partial charge on any atom is -0.326 e. The molecule has 0 atom stereocenters. The van der Waals surface area contributed by atoms with Crippen LogP contribution in [0.2, 0.25) is 0 Å². The maximum Gasteiger partial charge on any atom is 0.125 e. The first-order valence-electron chi connectivity index (χ1n) is 5.04. The molecule has 2 heterocycles. The van der Waals surface area contributed by atoms with E-state index in [2.05, 4.69) is 32.8 Å². The van der Waals surface area contributed by atoms with E-state index < -0.39 is 0 Å². The molecular formula is C11H12BrN3S. The van der Waals surface area contributed by atoms with E-state index in [1.165, 1.54) is 0 Å². The first kappa shape index (κ1) is 11.7. The quantitative estimate of drug-likeness (QED) is 0.947. The fourth-order valence-electron chi connectivity index (χ4n) is 1.47. The van der Waals surface area contributed by atoms with Crippen molar-refractivity contribution in [1.29, 1.82) is 0 Å². The van der Waals surface area contributed by atoms with Crippen LogP contribution in [0.4, 0.5) is 0 Å². The molecule has 0 saturated heterocycles. The van der Waals surface area contributed by atoms with Gasteiger partial charge in [0.15, 0.2) is 0 Å². The van der Waals surface area contributed by atoms with E-state index >= 15 is 0 Å². The highest BCUT2D eigenvalue weighted by Crippen LogP contribution is 2.29. The minimum atomic E-state index is 0.558. The van der Waals surface area contributed by atoms with Crippen LogP contribution in [0.25, 0.3) is 10.6 Å². The van der Waals surface area contributed by atoms with Gasteiger partial charge in [-0.05, 0) is 28.4 Å². The molecule has 0 radical (unpaired) electrons. The van der Waals surface area contributed by atoms with Crippen molar-refractivity contribution in [3.05, 3.63) is 33.5 Å².